The highest BCUT2D eigenvalue weighted by Crippen LogP contribution is 2.41. The number of halogens is 1. The van der Waals surface area contributed by atoms with Gasteiger partial charge < -0.3 is 24.1 Å². The monoisotopic (exact) mass is 628 g/mol. The summed E-state index contributed by atoms with van der Waals surface area (Å²) in [4.78, 5) is 28.4. The summed E-state index contributed by atoms with van der Waals surface area (Å²) in [5.41, 5.74) is -4.41. The van der Waals surface area contributed by atoms with Gasteiger partial charge >= 0.3 is 12.2 Å². The largest absolute Gasteiger partial charge is 0.444 e. The Balaban J connectivity index is 0.000000240. The molecular formula is C34H61FN2O7. The van der Waals surface area contributed by atoms with Gasteiger partial charge in [0.2, 0.25) is 0 Å². The van der Waals surface area contributed by atoms with Crippen LogP contribution in [0.2, 0.25) is 0 Å². The Morgan fingerprint density at radius 3 is 1.45 bits per heavy atom. The molecule has 2 aliphatic heterocycles. The lowest BCUT2D eigenvalue weighted by atomic mass is 9.80. The summed E-state index contributed by atoms with van der Waals surface area (Å²) in [7, 11) is 0. The lowest BCUT2D eigenvalue weighted by Gasteiger charge is -2.39. The second kappa shape index (κ2) is 13.6. The highest BCUT2D eigenvalue weighted by Gasteiger charge is 2.50. The second-order valence-corrected chi connectivity index (χ2v) is 16.4. The van der Waals surface area contributed by atoms with Crippen LogP contribution in [0.3, 0.4) is 0 Å². The van der Waals surface area contributed by atoms with Crippen LogP contribution in [0.5, 0.6) is 0 Å². The van der Waals surface area contributed by atoms with E-state index in [4.69, 9.17) is 18.9 Å². The van der Waals surface area contributed by atoms with E-state index >= 15 is 4.39 Å². The molecule has 2 amide bonds. The molecule has 0 spiro atoms. The number of rotatable bonds is 4. The van der Waals surface area contributed by atoms with E-state index in [1.807, 2.05) is 69.2 Å². The van der Waals surface area contributed by atoms with Gasteiger partial charge in [-0.2, -0.15) is 0 Å². The molecule has 9 nitrogen and oxygen atoms in total. The van der Waals surface area contributed by atoms with Crippen LogP contribution < -0.4 is 0 Å². The van der Waals surface area contributed by atoms with Gasteiger partial charge in [-0.25, -0.2) is 14.0 Å². The number of carbonyl (C=O) groups is 2. The summed E-state index contributed by atoms with van der Waals surface area (Å²) in [5.74, 6) is 0. The van der Waals surface area contributed by atoms with Crippen molar-refractivity contribution in [2.75, 3.05) is 13.2 Å². The van der Waals surface area contributed by atoms with Crippen molar-refractivity contribution in [3.05, 3.63) is 0 Å². The quantitative estimate of drug-likeness (QED) is 0.338. The highest BCUT2D eigenvalue weighted by atomic mass is 19.1. The number of ether oxygens (including phenoxy) is 4. The van der Waals surface area contributed by atoms with Crippen molar-refractivity contribution in [1.29, 1.82) is 0 Å². The number of aliphatic hydroxyl groups is 1. The molecule has 2 aliphatic carbocycles. The Kier molecular flexibility index (Phi) is 11.4. The van der Waals surface area contributed by atoms with E-state index in [1.165, 1.54) is 6.42 Å². The molecule has 2 saturated heterocycles. The minimum Gasteiger partial charge on any atom is -0.444 e. The van der Waals surface area contributed by atoms with Gasteiger partial charge in [-0.05, 0) is 101 Å². The first kappa shape index (κ1) is 36.8. The molecule has 0 bridgehead atoms. The molecule has 2 atom stereocenters. The molecule has 1 N–H and O–H groups in total. The zero-order valence-electron chi connectivity index (χ0n) is 29.2. The molecule has 44 heavy (non-hydrogen) atoms. The van der Waals surface area contributed by atoms with Crippen LogP contribution in [0.15, 0.2) is 0 Å². The topological polar surface area (TPSA) is 97.8 Å². The maximum Gasteiger partial charge on any atom is 0.412 e. The fourth-order valence-electron chi connectivity index (χ4n) is 7.09. The predicted octanol–water partition coefficient (Wildman–Crippen LogP) is 7.86. The molecular weight excluding hydrogens is 567 g/mol. The summed E-state index contributed by atoms with van der Waals surface area (Å²) < 4.78 is 37.6. The number of carbonyl (C=O) groups excluding carboxylic acids is 2. The first-order valence-corrected chi connectivity index (χ1v) is 16.8. The van der Waals surface area contributed by atoms with Crippen LogP contribution >= 0.6 is 0 Å². The zero-order valence-corrected chi connectivity index (χ0v) is 29.2. The van der Waals surface area contributed by atoms with E-state index < -0.39 is 40.0 Å². The van der Waals surface area contributed by atoms with Crippen LogP contribution in [-0.4, -0.2) is 86.3 Å². The van der Waals surface area contributed by atoms with Gasteiger partial charge in [0.1, 0.15) is 28.3 Å². The summed E-state index contributed by atoms with van der Waals surface area (Å²) in [6.07, 6.45) is 9.19. The van der Waals surface area contributed by atoms with E-state index in [9.17, 15) is 14.7 Å². The third-order valence-electron chi connectivity index (χ3n) is 9.08. The Morgan fingerprint density at radius 1 is 0.705 bits per heavy atom. The van der Waals surface area contributed by atoms with E-state index in [1.54, 1.807) is 9.80 Å². The molecule has 4 fully saturated rings. The van der Waals surface area contributed by atoms with E-state index in [2.05, 4.69) is 0 Å². The molecule has 0 unspecified atom stereocenters. The SMILES string of the molecule is CC(C)(C)OC(=O)N1[C@@H](CC2(F)CCCCC2)COC1(C)C.CC(C)(C)OC(=O)N1[C@@H](CC2(O)CCCCC2)COC1(C)C. The summed E-state index contributed by atoms with van der Waals surface area (Å²) in [6, 6.07) is -0.388. The molecule has 10 heteroatoms. The first-order valence-electron chi connectivity index (χ1n) is 16.8. The van der Waals surface area contributed by atoms with Gasteiger partial charge in [0.05, 0.1) is 30.9 Å². The normalized spacial score (nSPS) is 27.7. The van der Waals surface area contributed by atoms with Crippen molar-refractivity contribution in [3.8, 4) is 0 Å². The zero-order chi connectivity index (χ0) is 33.2. The number of nitrogens with zero attached hydrogens (tertiary/aromatic N) is 2. The van der Waals surface area contributed by atoms with Crippen LogP contribution in [0, 0.1) is 0 Å². The summed E-state index contributed by atoms with van der Waals surface area (Å²) in [5, 5.41) is 10.8. The minimum absolute atomic E-state index is 0.132. The number of hydrogen-bond acceptors (Lipinski definition) is 7. The molecule has 2 heterocycles. The Labute approximate surface area is 265 Å². The minimum atomic E-state index is -1.17. The number of hydrogen-bond donors (Lipinski definition) is 1. The molecule has 256 valence electrons. The van der Waals surface area contributed by atoms with Crippen molar-refractivity contribution >= 4 is 12.2 Å². The number of alkyl halides is 1. The fraction of sp³-hybridized carbons (Fsp3) is 0.941. The van der Waals surface area contributed by atoms with E-state index in [-0.39, 0.29) is 18.2 Å². The molecule has 4 rings (SSSR count). The van der Waals surface area contributed by atoms with E-state index in [0.29, 0.717) is 38.9 Å². The van der Waals surface area contributed by atoms with Crippen LogP contribution in [0.1, 0.15) is 146 Å². The lowest BCUT2D eigenvalue weighted by Crippen LogP contribution is -2.52. The summed E-state index contributed by atoms with van der Waals surface area (Å²) >= 11 is 0. The maximum atomic E-state index is 15.0. The van der Waals surface area contributed by atoms with Crippen molar-refractivity contribution < 1.29 is 38.0 Å². The average Bonchev–Trinajstić information content (AvgIpc) is 3.31. The van der Waals surface area contributed by atoms with Crippen LogP contribution in [0.25, 0.3) is 0 Å². The molecule has 0 aromatic heterocycles. The second-order valence-electron chi connectivity index (χ2n) is 16.4. The molecule has 4 aliphatic rings. The van der Waals surface area contributed by atoms with Gasteiger partial charge in [0.15, 0.2) is 0 Å². The van der Waals surface area contributed by atoms with E-state index in [0.717, 1.165) is 44.9 Å². The van der Waals surface area contributed by atoms with Gasteiger partial charge in [-0.1, -0.05) is 38.5 Å². The Hall–Kier alpha value is -1.65. The highest BCUT2D eigenvalue weighted by molar-refractivity contribution is 5.70. The van der Waals surface area contributed by atoms with Crippen LogP contribution in [0.4, 0.5) is 14.0 Å². The van der Waals surface area contributed by atoms with Gasteiger partial charge in [0, 0.05) is 6.42 Å². The standard InChI is InChI=1S/C17H30FNO3.C17H31NO4/c1-15(2,3)22-14(20)19-13(12-21-16(19,4)5)11-17(18)9-7-6-8-10-17;1-15(2,3)22-14(19)18-13(12-21-16(18,4)5)11-17(20)9-7-6-8-10-17/h13H,6-12H2,1-5H3;13,20H,6-12H2,1-5H3/t2*13-/m00/s1. The predicted molar refractivity (Wildman–Crippen MR) is 168 cm³/mol. The average molecular weight is 629 g/mol. The molecule has 0 aromatic carbocycles. The third-order valence-corrected chi connectivity index (χ3v) is 9.08. The Morgan fingerprint density at radius 2 is 1.07 bits per heavy atom. The van der Waals surface area contributed by atoms with Gasteiger partial charge in [-0.3, -0.25) is 9.80 Å². The van der Waals surface area contributed by atoms with Crippen molar-refractivity contribution in [1.82, 2.24) is 9.80 Å². The molecule has 2 saturated carbocycles. The van der Waals surface area contributed by atoms with Gasteiger partial charge in [-0.15, -0.1) is 0 Å². The third kappa shape index (κ3) is 10.2. The van der Waals surface area contributed by atoms with Gasteiger partial charge in [0.25, 0.3) is 0 Å². The van der Waals surface area contributed by atoms with Crippen molar-refractivity contribution in [2.24, 2.45) is 0 Å². The van der Waals surface area contributed by atoms with Crippen LogP contribution in [-0.2, 0) is 18.9 Å². The molecule has 0 aromatic rings. The fourth-order valence-corrected chi connectivity index (χ4v) is 7.09. The smallest absolute Gasteiger partial charge is 0.412 e. The number of amides is 2. The lowest BCUT2D eigenvalue weighted by molar-refractivity contribution is -0.0691. The maximum absolute atomic E-state index is 15.0. The summed E-state index contributed by atoms with van der Waals surface area (Å²) in [6.45, 7) is 19.3. The van der Waals surface area contributed by atoms with Crippen molar-refractivity contribution in [3.63, 3.8) is 0 Å². The Bertz CT molecular complexity index is 897. The van der Waals surface area contributed by atoms with Crippen molar-refractivity contribution in [2.45, 2.75) is 192 Å². The molecule has 0 radical (unpaired) electrons. The first-order chi connectivity index (χ1) is 20.1.